The van der Waals surface area contributed by atoms with Gasteiger partial charge in [-0.3, -0.25) is 4.79 Å². The summed E-state index contributed by atoms with van der Waals surface area (Å²) in [5.41, 5.74) is 0. The summed E-state index contributed by atoms with van der Waals surface area (Å²) in [6.07, 6.45) is 4.58. The fraction of sp³-hybridized carbons (Fsp3) is 0.692. The molecule has 2 aliphatic rings. The van der Waals surface area contributed by atoms with Gasteiger partial charge in [-0.25, -0.2) is 4.79 Å². The average molecular weight is 364 g/mol. The van der Waals surface area contributed by atoms with E-state index in [1.54, 1.807) is 0 Å². The van der Waals surface area contributed by atoms with Crippen LogP contribution in [-0.4, -0.2) is 28.6 Å². The maximum Gasteiger partial charge on any atom is 0.330 e. The fourth-order valence-electron chi connectivity index (χ4n) is 2.76. The van der Waals surface area contributed by atoms with Crippen LogP contribution >= 0.6 is 22.6 Å². The van der Waals surface area contributed by atoms with E-state index in [-0.39, 0.29) is 24.6 Å². The maximum absolute atomic E-state index is 11.9. The largest absolute Gasteiger partial charge is 0.459 e. The highest BCUT2D eigenvalue weighted by atomic mass is 127. The van der Waals surface area contributed by atoms with Crippen LogP contribution < -0.4 is 0 Å². The van der Waals surface area contributed by atoms with Crippen molar-refractivity contribution in [2.45, 2.75) is 35.7 Å². The van der Waals surface area contributed by atoms with Gasteiger partial charge in [0, 0.05) is 10.0 Å². The van der Waals surface area contributed by atoms with Crippen molar-refractivity contribution in [3.05, 3.63) is 12.7 Å². The third-order valence-electron chi connectivity index (χ3n) is 3.54. The highest BCUT2D eigenvalue weighted by Crippen LogP contribution is 2.39. The number of esters is 2. The van der Waals surface area contributed by atoms with Gasteiger partial charge in [-0.2, -0.15) is 0 Å². The Bertz CT molecular complexity index is 355. The van der Waals surface area contributed by atoms with Crippen LogP contribution in [0, 0.1) is 11.8 Å². The van der Waals surface area contributed by atoms with E-state index in [2.05, 4.69) is 29.2 Å². The summed E-state index contributed by atoms with van der Waals surface area (Å²) in [5, 5.41) is 0. The maximum atomic E-state index is 11.9. The van der Waals surface area contributed by atoms with Gasteiger partial charge in [0.05, 0.1) is 5.92 Å². The van der Waals surface area contributed by atoms with E-state index >= 15 is 0 Å². The summed E-state index contributed by atoms with van der Waals surface area (Å²) in [4.78, 5) is 22.9. The van der Waals surface area contributed by atoms with Crippen molar-refractivity contribution in [3.8, 4) is 0 Å². The van der Waals surface area contributed by atoms with Crippen LogP contribution in [0.5, 0.6) is 0 Å². The van der Waals surface area contributed by atoms with Gasteiger partial charge < -0.3 is 9.47 Å². The van der Waals surface area contributed by atoms with Crippen molar-refractivity contribution in [1.29, 1.82) is 0 Å². The third-order valence-corrected chi connectivity index (χ3v) is 4.55. The Morgan fingerprint density at radius 3 is 2.94 bits per heavy atom. The molecule has 4 unspecified atom stereocenters. The zero-order valence-electron chi connectivity index (χ0n) is 10.1. The lowest BCUT2D eigenvalue weighted by atomic mass is 9.80. The summed E-state index contributed by atoms with van der Waals surface area (Å²) in [7, 11) is 0. The van der Waals surface area contributed by atoms with E-state index in [0.29, 0.717) is 9.84 Å². The lowest BCUT2D eigenvalue weighted by molar-refractivity contribution is -0.159. The van der Waals surface area contributed by atoms with Crippen molar-refractivity contribution in [3.63, 3.8) is 0 Å². The monoisotopic (exact) mass is 364 g/mol. The van der Waals surface area contributed by atoms with E-state index in [0.717, 1.165) is 31.8 Å². The van der Waals surface area contributed by atoms with Crippen LogP contribution in [0.15, 0.2) is 12.7 Å². The topological polar surface area (TPSA) is 52.6 Å². The summed E-state index contributed by atoms with van der Waals surface area (Å²) >= 11 is 2.41. The van der Waals surface area contributed by atoms with Crippen molar-refractivity contribution in [2.24, 2.45) is 11.8 Å². The number of carbonyl (C=O) groups excluding carboxylic acids is 2. The summed E-state index contributed by atoms with van der Waals surface area (Å²) < 4.78 is 10.9. The Morgan fingerprint density at radius 1 is 1.44 bits per heavy atom. The second kappa shape index (κ2) is 6.04. The standard InChI is InChI=1S/C13H17IO4/c1-2-12(15)17-7-11-5-8-3-9(13(16)18-11)6-10(14)4-8/h2,8-11H,1,3-7H2. The van der Waals surface area contributed by atoms with Crippen LogP contribution in [0.25, 0.3) is 0 Å². The quantitative estimate of drug-likeness (QED) is 0.334. The number of cyclic esters (lactones) is 1. The predicted octanol–water partition coefficient (Wildman–Crippen LogP) is 2.25. The zero-order chi connectivity index (χ0) is 13.1. The van der Waals surface area contributed by atoms with Gasteiger partial charge in [-0.15, -0.1) is 0 Å². The summed E-state index contributed by atoms with van der Waals surface area (Å²) in [6.45, 7) is 3.48. The molecular weight excluding hydrogens is 347 g/mol. The van der Waals surface area contributed by atoms with Crippen molar-refractivity contribution < 1.29 is 19.1 Å². The molecule has 0 spiro atoms. The van der Waals surface area contributed by atoms with Gasteiger partial charge in [0.15, 0.2) is 0 Å². The van der Waals surface area contributed by atoms with Crippen LogP contribution in [0.3, 0.4) is 0 Å². The normalized spacial score (nSPS) is 35.3. The van der Waals surface area contributed by atoms with Gasteiger partial charge >= 0.3 is 11.9 Å². The first-order valence-electron chi connectivity index (χ1n) is 6.22. The highest BCUT2D eigenvalue weighted by Gasteiger charge is 2.38. The first kappa shape index (κ1) is 13.8. The molecule has 1 heterocycles. The molecule has 2 fully saturated rings. The predicted molar refractivity (Wildman–Crippen MR) is 74.3 cm³/mol. The molecule has 1 aliphatic carbocycles. The highest BCUT2D eigenvalue weighted by molar-refractivity contribution is 14.1. The van der Waals surface area contributed by atoms with Crippen LogP contribution in [-0.2, 0) is 19.1 Å². The molecule has 0 aromatic rings. The van der Waals surface area contributed by atoms with Gasteiger partial charge in [0.1, 0.15) is 12.7 Å². The molecule has 1 saturated carbocycles. The number of fused-ring (bicyclic) bond motifs is 2. The summed E-state index contributed by atoms with van der Waals surface area (Å²) in [5.74, 6) is -0.0566. The minimum atomic E-state index is -0.468. The van der Waals surface area contributed by atoms with E-state index in [4.69, 9.17) is 9.47 Å². The fourth-order valence-corrected chi connectivity index (χ4v) is 4.10. The Morgan fingerprint density at radius 2 is 2.22 bits per heavy atom. The number of ether oxygens (including phenoxy) is 2. The molecule has 5 heteroatoms. The van der Waals surface area contributed by atoms with Gasteiger partial charge in [0.2, 0.25) is 0 Å². The molecule has 18 heavy (non-hydrogen) atoms. The number of alkyl halides is 1. The van der Waals surface area contributed by atoms with Gasteiger partial charge in [-0.05, 0) is 31.6 Å². The molecule has 1 saturated heterocycles. The van der Waals surface area contributed by atoms with Crippen LogP contribution in [0.4, 0.5) is 0 Å². The number of hydrogen-bond acceptors (Lipinski definition) is 4. The number of rotatable bonds is 3. The van der Waals surface area contributed by atoms with Crippen molar-refractivity contribution in [1.82, 2.24) is 0 Å². The molecule has 100 valence electrons. The Balaban J connectivity index is 1.95. The average Bonchev–Trinajstić information content (AvgIpc) is 2.44. The van der Waals surface area contributed by atoms with E-state index in [1.807, 2.05) is 0 Å². The zero-order valence-corrected chi connectivity index (χ0v) is 12.3. The molecule has 0 amide bonds. The van der Waals surface area contributed by atoms with E-state index in [1.165, 1.54) is 0 Å². The Kier molecular flexibility index (Phi) is 4.64. The minimum absolute atomic E-state index is 0.0331. The molecule has 0 aromatic heterocycles. The molecule has 0 radical (unpaired) electrons. The molecule has 4 nitrogen and oxygen atoms in total. The minimum Gasteiger partial charge on any atom is -0.459 e. The SMILES string of the molecule is C=CC(=O)OCC1CC2CC(I)CC(C2)C(=O)O1. The molecule has 1 aliphatic heterocycles. The Labute approximate surface area is 120 Å². The van der Waals surface area contributed by atoms with Crippen LogP contribution in [0.2, 0.25) is 0 Å². The van der Waals surface area contributed by atoms with Crippen molar-refractivity contribution in [2.75, 3.05) is 6.61 Å². The van der Waals surface area contributed by atoms with Gasteiger partial charge in [0.25, 0.3) is 0 Å². The molecule has 2 bridgehead atoms. The Hall–Kier alpha value is -0.590. The molecule has 2 rings (SSSR count). The first-order valence-corrected chi connectivity index (χ1v) is 7.46. The van der Waals surface area contributed by atoms with Crippen LogP contribution in [0.1, 0.15) is 25.7 Å². The van der Waals surface area contributed by atoms with Gasteiger partial charge in [-0.1, -0.05) is 29.2 Å². The number of halogens is 1. The lowest BCUT2D eigenvalue weighted by Gasteiger charge is -2.27. The molecule has 0 N–H and O–H groups in total. The second-order valence-electron chi connectivity index (χ2n) is 5.00. The summed E-state index contributed by atoms with van der Waals surface area (Å²) in [6, 6.07) is 0. The second-order valence-corrected chi connectivity index (χ2v) is 6.76. The molecule has 4 atom stereocenters. The van der Waals surface area contributed by atoms with E-state index in [9.17, 15) is 9.59 Å². The molecule has 0 aromatic carbocycles. The lowest BCUT2D eigenvalue weighted by Crippen LogP contribution is -2.26. The first-order chi connectivity index (χ1) is 8.58. The van der Waals surface area contributed by atoms with E-state index < -0.39 is 5.97 Å². The number of carbonyl (C=O) groups is 2. The number of hydrogen-bond donors (Lipinski definition) is 0. The smallest absolute Gasteiger partial charge is 0.330 e. The van der Waals surface area contributed by atoms with Crippen molar-refractivity contribution >= 4 is 34.5 Å². The molecular formula is C13H17IO4. The third kappa shape index (κ3) is 3.46.